The first-order valence-electron chi connectivity index (χ1n) is 13.6. The van der Waals surface area contributed by atoms with Crippen LogP contribution in [-0.2, 0) is 16.4 Å². The molecule has 0 aliphatic heterocycles. The Morgan fingerprint density at radius 3 is 2.61 bits per heavy atom. The van der Waals surface area contributed by atoms with Gasteiger partial charge in [0.2, 0.25) is 10.0 Å². The molecule has 0 amide bonds. The number of hydrogen-bond donors (Lipinski definition) is 2. The molecule has 0 unspecified atom stereocenters. The third-order valence-electron chi connectivity index (χ3n) is 3.26. The lowest BCUT2D eigenvalue weighted by Crippen LogP contribution is -2.32. The van der Waals surface area contributed by atoms with E-state index in [9.17, 15) is 8.42 Å². The number of methoxy groups -OCH3 is 1. The summed E-state index contributed by atoms with van der Waals surface area (Å²) >= 11 is 0. The van der Waals surface area contributed by atoms with Crippen LogP contribution in [0.15, 0.2) is 47.3 Å². The van der Waals surface area contributed by atoms with Gasteiger partial charge in [-0.05, 0) is 50.0 Å². The zero-order valence-electron chi connectivity index (χ0n) is 26.3. The topological polar surface area (TPSA) is 99.9 Å². The van der Waals surface area contributed by atoms with Crippen molar-refractivity contribution in [3.63, 3.8) is 0 Å². The summed E-state index contributed by atoms with van der Waals surface area (Å²) in [6, 6.07) is -0.821. The fraction of sp³-hybridized carbons (Fsp3) is 0.400. The number of rotatable bonds is 11. The van der Waals surface area contributed by atoms with Gasteiger partial charge < -0.3 is 19.5 Å². The summed E-state index contributed by atoms with van der Waals surface area (Å²) in [4.78, 5) is -0.778. The van der Waals surface area contributed by atoms with Crippen LogP contribution in [0.25, 0.3) is 0 Å². The van der Waals surface area contributed by atoms with E-state index in [1.165, 1.54) is 6.92 Å². The van der Waals surface area contributed by atoms with E-state index in [4.69, 9.17) is 29.7 Å². The second kappa shape index (κ2) is 10.3. The SMILES string of the molecule is [2H]c1c([2H])c([2H])c(OCC([2H])([2H])N[C@H](C)C([2H])([2H])c2ccc(OC([2H])([2H])[2H])c(S(N)(=O)=O)c2)c(OCC)c1[2H]. The van der Waals surface area contributed by atoms with Crippen LogP contribution >= 0.6 is 0 Å². The second-order valence-electron chi connectivity index (χ2n) is 5.38. The lowest BCUT2D eigenvalue weighted by atomic mass is 10.1. The highest BCUT2D eigenvalue weighted by Crippen LogP contribution is 2.26. The van der Waals surface area contributed by atoms with E-state index in [-0.39, 0.29) is 17.9 Å². The predicted molar refractivity (Wildman–Crippen MR) is 109 cm³/mol. The van der Waals surface area contributed by atoms with Gasteiger partial charge in [-0.2, -0.15) is 0 Å². The van der Waals surface area contributed by atoms with E-state index in [2.05, 4.69) is 10.1 Å². The number of benzene rings is 2. The number of primary sulfonamides is 1. The van der Waals surface area contributed by atoms with Crippen LogP contribution in [-0.4, -0.2) is 41.2 Å². The van der Waals surface area contributed by atoms with Gasteiger partial charge in [0.15, 0.2) is 11.5 Å². The lowest BCUT2D eigenvalue weighted by molar-refractivity contribution is 0.272. The number of nitrogens with one attached hydrogen (secondary N) is 1. The van der Waals surface area contributed by atoms with Gasteiger partial charge in [-0.1, -0.05) is 18.2 Å². The maximum Gasteiger partial charge on any atom is 0.241 e. The molecule has 8 heteroatoms. The molecule has 0 spiro atoms. The minimum Gasteiger partial charge on any atom is -0.495 e. The summed E-state index contributed by atoms with van der Waals surface area (Å²) in [5.74, 6) is -1.34. The highest BCUT2D eigenvalue weighted by molar-refractivity contribution is 7.89. The summed E-state index contributed by atoms with van der Waals surface area (Å²) in [5, 5.41) is 7.55. The average Bonchev–Trinajstić information content (AvgIpc) is 2.79. The van der Waals surface area contributed by atoms with Gasteiger partial charge in [0.25, 0.3) is 0 Å². The Hall–Kier alpha value is -2.29. The molecular weight excluding hydrogens is 380 g/mol. The lowest BCUT2D eigenvalue weighted by Gasteiger charge is -2.16. The van der Waals surface area contributed by atoms with E-state index in [0.29, 0.717) is 0 Å². The van der Waals surface area contributed by atoms with Crippen molar-refractivity contribution in [2.45, 2.75) is 31.2 Å². The molecule has 0 heterocycles. The minimum atomic E-state index is -4.54. The molecule has 2 rings (SSSR count). The van der Waals surface area contributed by atoms with E-state index in [1.54, 1.807) is 6.92 Å². The highest BCUT2D eigenvalue weighted by atomic mass is 32.2. The molecule has 2 aromatic carbocycles. The molecule has 7 nitrogen and oxygen atoms in total. The Labute approximate surface area is 182 Å². The predicted octanol–water partition coefficient (Wildman–Crippen LogP) is 2.34. The quantitative estimate of drug-likeness (QED) is 0.580. The Morgan fingerprint density at radius 2 is 1.96 bits per heavy atom. The number of nitrogens with two attached hydrogens (primary N) is 1. The first-order valence-corrected chi connectivity index (χ1v) is 9.67. The third-order valence-corrected chi connectivity index (χ3v) is 4.19. The van der Waals surface area contributed by atoms with Crippen LogP contribution in [0.4, 0.5) is 0 Å². The largest absolute Gasteiger partial charge is 0.495 e. The summed E-state index contributed by atoms with van der Waals surface area (Å²) in [6.45, 7) is -0.416. The van der Waals surface area contributed by atoms with Crippen molar-refractivity contribution >= 4 is 10.0 Å². The number of ether oxygens (including phenoxy) is 3. The number of hydrogen-bond acceptors (Lipinski definition) is 6. The summed E-state index contributed by atoms with van der Waals surface area (Å²) in [7, 11) is -7.55. The van der Waals surface area contributed by atoms with Crippen LogP contribution in [0.1, 0.15) is 34.5 Å². The van der Waals surface area contributed by atoms with Crippen molar-refractivity contribution in [2.24, 2.45) is 5.14 Å². The first kappa shape index (κ1) is 11.0. The maximum atomic E-state index is 12.0. The Kier molecular flexibility index (Phi) is 4.06. The van der Waals surface area contributed by atoms with Gasteiger partial charge in [0.1, 0.15) is 17.3 Å². The zero-order valence-corrected chi connectivity index (χ0v) is 16.1. The molecule has 154 valence electrons. The fourth-order valence-electron chi connectivity index (χ4n) is 2.13. The van der Waals surface area contributed by atoms with Gasteiger partial charge in [-0.25, -0.2) is 13.6 Å². The molecule has 0 aliphatic carbocycles. The molecule has 0 aliphatic rings. The van der Waals surface area contributed by atoms with Crippen molar-refractivity contribution in [3.8, 4) is 17.2 Å². The molecule has 0 aromatic heterocycles. The van der Waals surface area contributed by atoms with Crippen molar-refractivity contribution in [3.05, 3.63) is 47.9 Å². The molecule has 0 fully saturated rings. The molecular formula is C20H28N2O5S. The number of sulfonamides is 1. The van der Waals surface area contributed by atoms with Gasteiger partial charge in [0.05, 0.1) is 23.2 Å². The maximum absolute atomic E-state index is 12.0. The van der Waals surface area contributed by atoms with Crippen LogP contribution < -0.4 is 24.7 Å². The van der Waals surface area contributed by atoms with Gasteiger partial charge in [-0.3, -0.25) is 0 Å². The zero-order chi connectivity index (χ0) is 30.1. The normalized spacial score (nSPS) is 19.6. The van der Waals surface area contributed by atoms with Crippen molar-refractivity contribution in [1.82, 2.24) is 5.32 Å². The van der Waals surface area contributed by atoms with Crippen molar-refractivity contribution < 1.29 is 37.7 Å². The van der Waals surface area contributed by atoms with Crippen molar-refractivity contribution in [1.29, 1.82) is 0 Å². The van der Waals surface area contributed by atoms with Gasteiger partial charge in [0, 0.05) is 18.0 Å². The van der Waals surface area contributed by atoms with Crippen LogP contribution in [0, 0.1) is 0 Å². The summed E-state index contributed by atoms with van der Waals surface area (Å²) < 4.78 is 126. The smallest absolute Gasteiger partial charge is 0.241 e. The first-order chi connectivity index (χ1) is 17.6. The van der Waals surface area contributed by atoms with Gasteiger partial charge in [-0.15, -0.1) is 0 Å². The Bertz CT molecular complexity index is 1320. The summed E-state index contributed by atoms with van der Waals surface area (Å²) in [5.41, 5.74) is -0.281. The Morgan fingerprint density at radius 1 is 1.25 bits per heavy atom. The highest BCUT2D eigenvalue weighted by Gasteiger charge is 2.16. The molecule has 1 atom stereocenters. The Balaban J connectivity index is 2.33. The van der Waals surface area contributed by atoms with E-state index >= 15 is 0 Å². The van der Waals surface area contributed by atoms with Crippen LogP contribution in [0.3, 0.4) is 0 Å². The van der Waals surface area contributed by atoms with E-state index < -0.39 is 83.1 Å². The number of para-hydroxylation sites is 2. The van der Waals surface area contributed by atoms with E-state index in [0.717, 1.165) is 18.2 Å². The molecule has 0 saturated carbocycles. The second-order valence-corrected chi connectivity index (χ2v) is 6.91. The molecule has 2 aromatic rings. The molecule has 0 radical (unpaired) electrons. The van der Waals surface area contributed by atoms with E-state index in [1.807, 2.05) is 0 Å². The van der Waals surface area contributed by atoms with Crippen molar-refractivity contribution in [2.75, 3.05) is 26.7 Å². The molecule has 3 N–H and O–H groups in total. The molecule has 28 heavy (non-hydrogen) atoms. The third kappa shape index (κ3) is 6.40. The minimum absolute atomic E-state index is 0.0392. The summed E-state index contributed by atoms with van der Waals surface area (Å²) in [6.07, 6.45) is -2.45. The molecule has 0 bridgehead atoms. The average molecular weight is 420 g/mol. The van der Waals surface area contributed by atoms with Crippen LogP contribution in [0.2, 0.25) is 0 Å². The molecule has 0 saturated heterocycles. The fourth-order valence-corrected chi connectivity index (χ4v) is 2.81. The monoisotopic (exact) mass is 419 g/mol. The standard InChI is InChI=1S/C20H28N2O5S/c1-4-26-17-7-5-6-8-18(17)27-12-11-22-15(2)13-16-9-10-19(25-3)20(14-16)28(21,23)24/h5-10,14-15,22H,4,11-13H2,1-3H3,(H2,21,23,24)/t15-/m1/s1/i3D3,5D,6D,7D,8D,11D2,13D2. The van der Waals surface area contributed by atoms with Gasteiger partial charge >= 0.3 is 0 Å². The van der Waals surface area contributed by atoms with Crippen LogP contribution in [0.5, 0.6) is 17.2 Å².